The molecule has 1 saturated carbocycles. The number of hydrogen-bond acceptors (Lipinski definition) is 2. The second-order valence-corrected chi connectivity index (χ2v) is 6.58. The Morgan fingerprint density at radius 3 is 2.28 bits per heavy atom. The maximum Gasteiger partial charge on any atom is 0.00914 e. The van der Waals surface area contributed by atoms with Crippen LogP contribution in [0.15, 0.2) is 0 Å². The summed E-state index contributed by atoms with van der Waals surface area (Å²) in [6, 6.07) is 0.801. The molecule has 1 saturated heterocycles. The third kappa shape index (κ3) is 4.55. The van der Waals surface area contributed by atoms with Gasteiger partial charge in [-0.2, -0.15) is 0 Å². The normalized spacial score (nSPS) is 31.7. The summed E-state index contributed by atoms with van der Waals surface area (Å²) >= 11 is 0. The monoisotopic (exact) mass is 252 g/mol. The lowest BCUT2D eigenvalue weighted by atomic mass is 9.81. The molecule has 0 atom stereocenters. The number of nitrogens with one attached hydrogen (secondary N) is 1. The van der Waals surface area contributed by atoms with Crippen molar-refractivity contribution in [1.82, 2.24) is 10.2 Å². The molecule has 106 valence electrons. The van der Waals surface area contributed by atoms with E-state index in [2.05, 4.69) is 24.1 Å². The van der Waals surface area contributed by atoms with Crippen molar-refractivity contribution in [2.75, 3.05) is 26.2 Å². The Morgan fingerprint density at radius 2 is 1.67 bits per heavy atom. The molecule has 2 heteroatoms. The lowest BCUT2D eigenvalue weighted by Crippen LogP contribution is -2.42. The summed E-state index contributed by atoms with van der Waals surface area (Å²) in [5, 5.41) is 3.80. The first-order valence-corrected chi connectivity index (χ1v) is 8.23. The first-order valence-electron chi connectivity index (χ1n) is 8.23. The van der Waals surface area contributed by atoms with Gasteiger partial charge < -0.3 is 10.2 Å². The molecule has 2 rings (SSSR count). The van der Waals surface area contributed by atoms with Gasteiger partial charge in [-0.3, -0.25) is 0 Å². The zero-order chi connectivity index (χ0) is 12.8. The lowest BCUT2D eigenvalue weighted by Gasteiger charge is -2.32. The molecular formula is C16H32N2. The summed E-state index contributed by atoms with van der Waals surface area (Å²) in [6.07, 6.45) is 10.0. The fourth-order valence-corrected chi connectivity index (χ4v) is 3.56. The van der Waals surface area contributed by atoms with Gasteiger partial charge >= 0.3 is 0 Å². The van der Waals surface area contributed by atoms with Crippen molar-refractivity contribution in [3.05, 3.63) is 0 Å². The molecule has 2 nitrogen and oxygen atoms in total. The predicted molar refractivity (Wildman–Crippen MR) is 78.9 cm³/mol. The number of hydrogen-bond donors (Lipinski definition) is 1. The number of likely N-dealkylation sites (tertiary alicyclic amines) is 1. The van der Waals surface area contributed by atoms with Crippen molar-refractivity contribution in [2.24, 2.45) is 11.8 Å². The summed E-state index contributed by atoms with van der Waals surface area (Å²) in [5.74, 6) is 2.01. The van der Waals surface area contributed by atoms with E-state index in [9.17, 15) is 0 Å². The van der Waals surface area contributed by atoms with Crippen LogP contribution in [0.5, 0.6) is 0 Å². The van der Waals surface area contributed by atoms with E-state index in [1.807, 2.05) is 0 Å². The van der Waals surface area contributed by atoms with Crippen LogP contribution in [0.4, 0.5) is 0 Å². The molecule has 1 N–H and O–H groups in total. The van der Waals surface area contributed by atoms with Crippen LogP contribution < -0.4 is 5.32 Å². The van der Waals surface area contributed by atoms with Gasteiger partial charge in [-0.25, -0.2) is 0 Å². The average Bonchev–Trinajstić information content (AvgIpc) is 2.42. The molecule has 1 aliphatic carbocycles. The highest BCUT2D eigenvalue weighted by Gasteiger charge is 2.20. The van der Waals surface area contributed by atoms with Crippen LogP contribution in [-0.2, 0) is 0 Å². The molecule has 2 fully saturated rings. The maximum atomic E-state index is 3.80. The van der Waals surface area contributed by atoms with E-state index in [-0.39, 0.29) is 0 Å². The minimum atomic E-state index is 0.801. The first-order chi connectivity index (χ1) is 8.78. The molecular weight excluding hydrogens is 220 g/mol. The lowest BCUT2D eigenvalue weighted by molar-refractivity contribution is 0.202. The molecule has 1 heterocycles. The standard InChI is InChI=1S/C16H32N2/c1-3-18-12-9-16(10-13-18)17-11-8-15-6-4-14(2)5-7-15/h14-17H,3-13H2,1-2H3. The van der Waals surface area contributed by atoms with Gasteiger partial charge in [-0.05, 0) is 57.3 Å². The Labute approximate surface area is 114 Å². The van der Waals surface area contributed by atoms with Gasteiger partial charge in [0, 0.05) is 6.04 Å². The largest absolute Gasteiger partial charge is 0.314 e. The van der Waals surface area contributed by atoms with Crippen LogP contribution in [0.3, 0.4) is 0 Å². The summed E-state index contributed by atoms with van der Waals surface area (Å²) in [6.45, 7) is 9.78. The van der Waals surface area contributed by atoms with E-state index in [0.29, 0.717) is 0 Å². The Kier molecular flexibility index (Phi) is 5.97. The maximum absolute atomic E-state index is 3.80. The molecule has 0 spiro atoms. The topological polar surface area (TPSA) is 15.3 Å². The molecule has 0 aromatic heterocycles. The quantitative estimate of drug-likeness (QED) is 0.808. The van der Waals surface area contributed by atoms with Gasteiger partial charge in [-0.15, -0.1) is 0 Å². The summed E-state index contributed by atoms with van der Waals surface area (Å²) < 4.78 is 0. The molecule has 0 bridgehead atoms. The second kappa shape index (κ2) is 7.49. The Morgan fingerprint density at radius 1 is 1.00 bits per heavy atom. The van der Waals surface area contributed by atoms with Crippen molar-refractivity contribution in [2.45, 2.75) is 64.8 Å². The predicted octanol–water partition coefficient (Wildman–Crippen LogP) is 3.28. The average molecular weight is 252 g/mol. The van der Waals surface area contributed by atoms with E-state index >= 15 is 0 Å². The summed E-state index contributed by atoms with van der Waals surface area (Å²) in [5.41, 5.74) is 0. The van der Waals surface area contributed by atoms with Gasteiger partial charge in [0.25, 0.3) is 0 Å². The van der Waals surface area contributed by atoms with Crippen LogP contribution in [0, 0.1) is 11.8 Å². The van der Waals surface area contributed by atoms with Gasteiger partial charge in [0.2, 0.25) is 0 Å². The highest BCUT2D eigenvalue weighted by Crippen LogP contribution is 2.30. The Bertz CT molecular complexity index is 213. The first kappa shape index (κ1) is 14.3. The summed E-state index contributed by atoms with van der Waals surface area (Å²) in [7, 11) is 0. The van der Waals surface area contributed by atoms with Crippen LogP contribution in [0.2, 0.25) is 0 Å². The van der Waals surface area contributed by atoms with Gasteiger partial charge in [0.05, 0.1) is 0 Å². The summed E-state index contributed by atoms with van der Waals surface area (Å²) in [4.78, 5) is 2.57. The fraction of sp³-hybridized carbons (Fsp3) is 1.00. The van der Waals surface area contributed by atoms with Crippen molar-refractivity contribution in [3.8, 4) is 0 Å². The molecule has 0 radical (unpaired) electrons. The van der Waals surface area contributed by atoms with E-state index < -0.39 is 0 Å². The van der Waals surface area contributed by atoms with Gasteiger partial charge in [0.1, 0.15) is 0 Å². The Hall–Kier alpha value is -0.0800. The number of piperidine rings is 1. The highest BCUT2D eigenvalue weighted by atomic mass is 15.1. The van der Waals surface area contributed by atoms with Crippen LogP contribution in [-0.4, -0.2) is 37.1 Å². The van der Waals surface area contributed by atoms with E-state index in [4.69, 9.17) is 0 Å². The molecule has 2 aliphatic rings. The van der Waals surface area contributed by atoms with E-state index in [0.717, 1.165) is 17.9 Å². The third-order valence-electron chi connectivity index (χ3n) is 5.16. The second-order valence-electron chi connectivity index (χ2n) is 6.58. The van der Waals surface area contributed by atoms with Crippen molar-refractivity contribution >= 4 is 0 Å². The number of rotatable bonds is 5. The highest BCUT2D eigenvalue weighted by molar-refractivity contribution is 4.77. The van der Waals surface area contributed by atoms with Crippen molar-refractivity contribution in [3.63, 3.8) is 0 Å². The third-order valence-corrected chi connectivity index (χ3v) is 5.16. The molecule has 0 aromatic carbocycles. The van der Waals surface area contributed by atoms with Crippen molar-refractivity contribution in [1.29, 1.82) is 0 Å². The Balaban J connectivity index is 1.53. The fourth-order valence-electron chi connectivity index (χ4n) is 3.56. The smallest absolute Gasteiger partial charge is 0.00914 e. The van der Waals surface area contributed by atoms with Crippen LogP contribution in [0.25, 0.3) is 0 Å². The van der Waals surface area contributed by atoms with Gasteiger partial charge in [-0.1, -0.05) is 39.5 Å². The van der Waals surface area contributed by atoms with Crippen molar-refractivity contribution < 1.29 is 0 Å². The van der Waals surface area contributed by atoms with Crippen LogP contribution in [0.1, 0.15) is 58.8 Å². The molecule has 1 aliphatic heterocycles. The SMILES string of the molecule is CCN1CCC(NCCC2CCC(C)CC2)CC1. The van der Waals surface area contributed by atoms with E-state index in [1.165, 1.54) is 71.1 Å². The zero-order valence-electron chi connectivity index (χ0n) is 12.5. The molecule has 0 amide bonds. The minimum Gasteiger partial charge on any atom is -0.314 e. The van der Waals surface area contributed by atoms with Crippen LogP contribution >= 0.6 is 0 Å². The zero-order valence-corrected chi connectivity index (χ0v) is 12.5. The molecule has 0 unspecified atom stereocenters. The minimum absolute atomic E-state index is 0.801. The number of nitrogens with zero attached hydrogens (tertiary/aromatic N) is 1. The molecule has 18 heavy (non-hydrogen) atoms. The molecule has 0 aromatic rings. The van der Waals surface area contributed by atoms with Gasteiger partial charge in [0.15, 0.2) is 0 Å². The van der Waals surface area contributed by atoms with E-state index in [1.54, 1.807) is 0 Å².